The van der Waals surface area contributed by atoms with Crippen molar-refractivity contribution in [2.75, 3.05) is 6.54 Å². The maximum Gasteiger partial charge on any atom is 0.128 e. The predicted molar refractivity (Wildman–Crippen MR) is 77.4 cm³/mol. The first-order valence-corrected chi connectivity index (χ1v) is 7.41. The molecular weight excluding hydrogens is 239 g/mol. The van der Waals surface area contributed by atoms with Crippen LogP contribution in [0.1, 0.15) is 51.1 Å². The predicted octanol–water partition coefficient (Wildman–Crippen LogP) is 3.48. The maximum atomic E-state index is 14.1. The van der Waals surface area contributed by atoms with Gasteiger partial charge in [-0.3, -0.25) is 4.90 Å². The van der Waals surface area contributed by atoms with Gasteiger partial charge in [-0.2, -0.15) is 0 Å². The Morgan fingerprint density at radius 2 is 2.11 bits per heavy atom. The third-order valence-electron chi connectivity index (χ3n) is 4.31. The van der Waals surface area contributed by atoms with Gasteiger partial charge < -0.3 is 5.73 Å². The quantitative estimate of drug-likeness (QED) is 0.902. The van der Waals surface area contributed by atoms with Crippen LogP contribution >= 0.6 is 0 Å². The summed E-state index contributed by atoms with van der Waals surface area (Å²) in [6, 6.07) is 7.54. The third kappa shape index (κ3) is 3.15. The van der Waals surface area contributed by atoms with Crippen molar-refractivity contribution in [2.24, 2.45) is 5.73 Å². The molecule has 0 amide bonds. The SMILES string of the molecule is CCC(N)C(c1ccccc1F)N1CCCCC1C. The molecule has 0 aliphatic carbocycles. The van der Waals surface area contributed by atoms with Gasteiger partial charge in [0.15, 0.2) is 0 Å². The highest BCUT2D eigenvalue weighted by Gasteiger charge is 2.32. The minimum atomic E-state index is -0.130. The van der Waals surface area contributed by atoms with E-state index in [1.54, 1.807) is 12.1 Å². The average Bonchev–Trinajstić information content (AvgIpc) is 2.43. The van der Waals surface area contributed by atoms with Crippen molar-refractivity contribution >= 4 is 0 Å². The zero-order valence-corrected chi connectivity index (χ0v) is 12.0. The summed E-state index contributed by atoms with van der Waals surface area (Å²) in [6.45, 7) is 5.33. The number of halogens is 1. The molecule has 1 aromatic rings. The number of nitrogens with zero attached hydrogens (tertiary/aromatic N) is 1. The van der Waals surface area contributed by atoms with E-state index in [2.05, 4.69) is 18.7 Å². The van der Waals surface area contributed by atoms with Crippen LogP contribution in [0.5, 0.6) is 0 Å². The molecule has 106 valence electrons. The minimum Gasteiger partial charge on any atom is -0.326 e. The molecular formula is C16H25FN2. The molecule has 0 bridgehead atoms. The van der Waals surface area contributed by atoms with Crippen molar-refractivity contribution in [3.63, 3.8) is 0 Å². The summed E-state index contributed by atoms with van der Waals surface area (Å²) < 4.78 is 14.1. The number of likely N-dealkylation sites (tertiary alicyclic amines) is 1. The van der Waals surface area contributed by atoms with Gasteiger partial charge in [-0.05, 0) is 38.8 Å². The van der Waals surface area contributed by atoms with E-state index in [1.807, 2.05) is 12.1 Å². The van der Waals surface area contributed by atoms with Gasteiger partial charge in [0.1, 0.15) is 5.82 Å². The van der Waals surface area contributed by atoms with E-state index in [0.717, 1.165) is 18.5 Å². The molecule has 0 aromatic heterocycles. The summed E-state index contributed by atoms with van der Waals surface area (Å²) in [5, 5.41) is 0. The molecule has 19 heavy (non-hydrogen) atoms. The highest BCUT2D eigenvalue weighted by Crippen LogP contribution is 2.32. The molecule has 1 fully saturated rings. The number of nitrogens with two attached hydrogens (primary N) is 1. The minimum absolute atomic E-state index is 0.00139. The summed E-state index contributed by atoms with van der Waals surface area (Å²) in [5.74, 6) is -0.130. The van der Waals surface area contributed by atoms with Gasteiger partial charge in [0, 0.05) is 17.6 Å². The normalized spacial score (nSPS) is 24.1. The molecule has 3 heteroatoms. The molecule has 1 heterocycles. The number of hydrogen-bond donors (Lipinski definition) is 1. The number of piperidine rings is 1. The molecule has 2 rings (SSSR count). The van der Waals surface area contributed by atoms with Crippen LogP contribution in [0.15, 0.2) is 24.3 Å². The van der Waals surface area contributed by atoms with Gasteiger partial charge in [0.05, 0.1) is 6.04 Å². The Labute approximate surface area is 115 Å². The smallest absolute Gasteiger partial charge is 0.128 e. The van der Waals surface area contributed by atoms with Crippen molar-refractivity contribution in [3.05, 3.63) is 35.6 Å². The lowest BCUT2D eigenvalue weighted by Crippen LogP contribution is -2.47. The second kappa shape index (κ2) is 6.49. The second-order valence-corrected chi connectivity index (χ2v) is 5.62. The molecule has 0 saturated carbocycles. The standard InChI is InChI=1S/C16H25FN2/c1-3-15(18)16(13-9-4-5-10-14(13)17)19-11-7-6-8-12(19)2/h4-5,9-10,12,15-16H,3,6-8,11,18H2,1-2H3. The van der Waals surface area contributed by atoms with Crippen LogP contribution in [-0.2, 0) is 0 Å². The lowest BCUT2D eigenvalue weighted by Gasteiger charge is -2.42. The van der Waals surface area contributed by atoms with E-state index in [9.17, 15) is 4.39 Å². The monoisotopic (exact) mass is 264 g/mol. The van der Waals surface area contributed by atoms with Crippen LogP contribution in [0.4, 0.5) is 4.39 Å². The zero-order chi connectivity index (χ0) is 13.8. The summed E-state index contributed by atoms with van der Waals surface area (Å²) in [7, 11) is 0. The molecule has 3 unspecified atom stereocenters. The first kappa shape index (κ1) is 14.5. The molecule has 1 aromatic carbocycles. The van der Waals surface area contributed by atoms with Gasteiger partial charge in [-0.15, -0.1) is 0 Å². The topological polar surface area (TPSA) is 29.3 Å². The van der Waals surface area contributed by atoms with Crippen LogP contribution in [-0.4, -0.2) is 23.5 Å². The van der Waals surface area contributed by atoms with Crippen molar-refractivity contribution in [1.29, 1.82) is 0 Å². The van der Waals surface area contributed by atoms with Gasteiger partial charge in [0.25, 0.3) is 0 Å². The van der Waals surface area contributed by atoms with E-state index in [0.29, 0.717) is 6.04 Å². The van der Waals surface area contributed by atoms with Crippen LogP contribution in [0.25, 0.3) is 0 Å². The fraction of sp³-hybridized carbons (Fsp3) is 0.625. The Hall–Kier alpha value is -0.930. The Bertz CT molecular complexity index is 407. The number of rotatable bonds is 4. The van der Waals surface area contributed by atoms with Crippen LogP contribution in [0.2, 0.25) is 0 Å². The van der Waals surface area contributed by atoms with Gasteiger partial charge in [0.2, 0.25) is 0 Å². The van der Waals surface area contributed by atoms with Gasteiger partial charge in [-0.25, -0.2) is 4.39 Å². The van der Waals surface area contributed by atoms with Crippen molar-refractivity contribution in [3.8, 4) is 0 Å². The second-order valence-electron chi connectivity index (χ2n) is 5.62. The van der Waals surface area contributed by atoms with E-state index in [1.165, 1.54) is 19.3 Å². The summed E-state index contributed by atoms with van der Waals surface area (Å²) in [4.78, 5) is 2.40. The van der Waals surface area contributed by atoms with E-state index in [4.69, 9.17) is 5.73 Å². The lowest BCUT2D eigenvalue weighted by atomic mass is 9.91. The average molecular weight is 264 g/mol. The lowest BCUT2D eigenvalue weighted by molar-refractivity contribution is 0.0859. The Morgan fingerprint density at radius 3 is 2.74 bits per heavy atom. The number of benzene rings is 1. The Kier molecular flexibility index (Phi) is 4.94. The number of hydrogen-bond acceptors (Lipinski definition) is 2. The Morgan fingerprint density at radius 1 is 1.37 bits per heavy atom. The first-order chi connectivity index (χ1) is 9.15. The summed E-state index contributed by atoms with van der Waals surface area (Å²) >= 11 is 0. The molecule has 2 nitrogen and oxygen atoms in total. The molecule has 3 atom stereocenters. The highest BCUT2D eigenvalue weighted by atomic mass is 19.1. The largest absolute Gasteiger partial charge is 0.326 e. The maximum absolute atomic E-state index is 14.1. The molecule has 0 spiro atoms. The molecule has 2 N–H and O–H groups in total. The van der Waals surface area contributed by atoms with E-state index in [-0.39, 0.29) is 17.9 Å². The van der Waals surface area contributed by atoms with Crippen molar-refractivity contribution in [2.45, 2.75) is 57.7 Å². The summed E-state index contributed by atoms with van der Waals surface area (Å²) in [5.41, 5.74) is 7.06. The summed E-state index contributed by atoms with van der Waals surface area (Å²) in [6.07, 6.45) is 4.50. The van der Waals surface area contributed by atoms with Crippen molar-refractivity contribution in [1.82, 2.24) is 4.90 Å². The molecule has 0 radical (unpaired) electrons. The van der Waals surface area contributed by atoms with Crippen LogP contribution < -0.4 is 5.73 Å². The molecule has 1 aliphatic rings. The third-order valence-corrected chi connectivity index (χ3v) is 4.31. The van der Waals surface area contributed by atoms with E-state index >= 15 is 0 Å². The fourth-order valence-electron chi connectivity index (χ4n) is 3.13. The van der Waals surface area contributed by atoms with Gasteiger partial charge in [-0.1, -0.05) is 31.5 Å². The van der Waals surface area contributed by atoms with E-state index < -0.39 is 0 Å². The van der Waals surface area contributed by atoms with Gasteiger partial charge >= 0.3 is 0 Å². The van der Waals surface area contributed by atoms with Crippen LogP contribution in [0, 0.1) is 5.82 Å². The first-order valence-electron chi connectivity index (χ1n) is 7.41. The van der Waals surface area contributed by atoms with Crippen molar-refractivity contribution < 1.29 is 4.39 Å². The van der Waals surface area contributed by atoms with Crippen LogP contribution in [0.3, 0.4) is 0 Å². The molecule has 1 saturated heterocycles. The fourth-order valence-corrected chi connectivity index (χ4v) is 3.13. The molecule has 1 aliphatic heterocycles. The zero-order valence-electron chi connectivity index (χ0n) is 12.0. The Balaban J connectivity index is 2.33. The highest BCUT2D eigenvalue weighted by molar-refractivity contribution is 5.23.